The molecule has 1 atom stereocenters. The Labute approximate surface area is 205 Å². The van der Waals surface area contributed by atoms with E-state index in [0.29, 0.717) is 41.3 Å². The third-order valence-corrected chi connectivity index (χ3v) is 7.23. The number of ether oxygens (including phenoxy) is 2. The van der Waals surface area contributed by atoms with E-state index in [9.17, 15) is 14.4 Å². The highest BCUT2D eigenvalue weighted by molar-refractivity contribution is 6.18. The minimum absolute atomic E-state index is 0.0922. The Hall–Kier alpha value is -3.55. The number of hydrogen-bond donors (Lipinski definition) is 0. The number of benzene rings is 2. The van der Waals surface area contributed by atoms with E-state index in [1.165, 1.54) is 14.2 Å². The molecule has 0 N–H and O–H groups in total. The van der Waals surface area contributed by atoms with E-state index in [-0.39, 0.29) is 17.7 Å². The van der Waals surface area contributed by atoms with Gasteiger partial charge >= 0.3 is 0 Å². The lowest BCUT2D eigenvalue weighted by Gasteiger charge is -2.41. The van der Waals surface area contributed by atoms with Crippen LogP contribution in [0.5, 0.6) is 11.5 Å². The van der Waals surface area contributed by atoms with Crippen LogP contribution in [0.1, 0.15) is 71.0 Å². The number of rotatable bonds is 8. The highest BCUT2D eigenvalue weighted by Crippen LogP contribution is 2.49. The van der Waals surface area contributed by atoms with Gasteiger partial charge < -0.3 is 19.3 Å². The first-order chi connectivity index (χ1) is 17.1. The standard InChI is InChI=1S/C27H31N3O5/c1-34-21-14-13-19-23(24(21)35-2)27(33)30-20-11-6-5-10-18(20)26(32)29(25(19)30)17-7-3-4-12-22(31)28-15-8-9-16-28/h5-6,10-11,13-14,25H,3-4,7-9,12,15-17H2,1-2H3/t25-/m1/s1. The predicted molar refractivity (Wildman–Crippen MR) is 131 cm³/mol. The zero-order valence-electron chi connectivity index (χ0n) is 20.3. The monoisotopic (exact) mass is 477 g/mol. The van der Waals surface area contributed by atoms with Gasteiger partial charge in [-0.05, 0) is 43.9 Å². The molecule has 3 aliphatic rings. The molecular formula is C27H31N3O5. The molecule has 1 fully saturated rings. The maximum atomic E-state index is 13.7. The Morgan fingerprint density at radius 1 is 0.943 bits per heavy atom. The molecule has 0 aliphatic carbocycles. The minimum atomic E-state index is -0.536. The summed E-state index contributed by atoms with van der Waals surface area (Å²) in [4.78, 5) is 45.0. The normalized spacial score (nSPS) is 18.5. The zero-order valence-corrected chi connectivity index (χ0v) is 20.3. The fraction of sp³-hybridized carbons (Fsp3) is 0.444. The highest BCUT2D eigenvalue weighted by atomic mass is 16.5. The van der Waals surface area contributed by atoms with Crippen molar-refractivity contribution in [3.63, 3.8) is 0 Å². The molecule has 2 aromatic rings. The number of carbonyl (C=O) groups excluding carboxylic acids is 3. The number of methoxy groups -OCH3 is 2. The van der Waals surface area contributed by atoms with Gasteiger partial charge in [-0.3, -0.25) is 19.3 Å². The molecule has 0 spiro atoms. The topological polar surface area (TPSA) is 79.4 Å². The summed E-state index contributed by atoms with van der Waals surface area (Å²) in [5.74, 6) is 0.795. The van der Waals surface area contributed by atoms with E-state index in [1.807, 2.05) is 29.2 Å². The van der Waals surface area contributed by atoms with Crippen LogP contribution in [0, 0.1) is 0 Å². The molecule has 0 saturated carbocycles. The van der Waals surface area contributed by atoms with E-state index in [1.54, 1.807) is 21.9 Å². The quantitative estimate of drug-likeness (QED) is 0.537. The van der Waals surface area contributed by atoms with Crippen LogP contribution in [0.4, 0.5) is 5.69 Å². The van der Waals surface area contributed by atoms with Crippen LogP contribution >= 0.6 is 0 Å². The highest BCUT2D eigenvalue weighted by Gasteiger charge is 2.49. The van der Waals surface area contributed by atoms with Crippen LogP contribution in [-0.4, -0.2) is 61.4 Å². The Bertz CT molecular complexity index is 1160. The van der Waals surface area contributed by atoms with Crippen molar-refractivity contribution in [1.29, 1.82) is 0 Å². The average molecular weight is 478 g/mol. The summed E-state index contributed by atoms with van der Waals surface area (Å²) < 4.78 is 11.0. The van der Waals surface area contributed by atoms with E-state index in [2.05, 4.69) is 0 Å². The van der Waals surface area contributed by atoms with Crippen LogP contribution in [0.15, 0.2) is 36.4 Å². The predicted octanol–water partition coefficient (Wildman–Crippen LogP) is 4.00. The van der Waals surface area contributed by atoms with E-state index >= 15 is 0 Å². The number of fused-ring (bicyclic) bond motifs is 5. The minimum Gasteiger partial charge on any atom is -0.493 e. The van der Waals surface area contributed by atoms with E-state index < -0.39 is 6.17 Å². The number of hydrogen-bond acceptors (Lipinski definition) is 5. The Kier molecular flexibility index (Phi) is 6.36. The van der Waals surface area contributed by atoms with Gasteiger partial charge in [-0.1, -0.05) is 24.6 Å². The first kappa shape index (κ1) is 23.2. The van der Waals surface area contributed by atoms with E-state index in [0.717, 1.165) is 50.8 Å². The summed E-state index contributed by atoms with van der Waals surface area (Å²) in [5.41, 5.74) is 2.29. The lowest BCUT2D eigenvalue weighted by atomic mass is 10.0. The van der Waals surface area contributed by atoms with Crippen molar-refractivity contribution in [1.82, 2.24) is 9.80 Å². The molecule has 2 aromatic carbocycles. The van der Waals surface area contributed by atoms with Gasteiger partial charge in [0.1, 0.15) is 6.17 Å². The molecule has 3 aliphatic heterocycles. The molecule has 8 heteroatoms. The lowest BCUT2D eigenvalue weighted by Crippen LogP contribution is -2.48. The van der Waals surface area contributed by atoms with Crippen LogP contribution in [0.25, 0.3) is 0 Å². The molecule has 3 amide bonds. The van der Waals surface area contributed by atoms with Gasteiger partial charge in [0, 0.05) is 31.6 Å². The molecule has 0 aromatic heterocycles. The Morgan fingerprint density at radius 2 is 1.71 bits per heavy atom. The fourth-order valence-electron chi connectivity index (χ4n) is 5.51. The second-order valence-corrected chi connectivity index (χ2v) is 9.23. The molecular weight excluding hydrogens is 446 g/mol. The van der Waals surface area contributed by atoms with Gasteiger partial charge in [0.15, 0.2) is 11.5 Å². The smallest absolute Gasteiger partial charge is 0.264 e. The molecule has 5 rings (SSSR count). The number of amides is 3. The zero-order chi connectivity index (χ0) is 24.5. The van der Waals surface area contributed by atoms with Crippen molar-refractivity contribution in [3.05, 3.63) is 53.1 Å². The number of carbonyl (C=O) groups is 3. The molecule has 1 saturated heterocycles. The number of anilines is 1. The van der Waals surface area contributed by atoms with Gasteiger partial charge in [-0.25, -0.2) is 0 Å². The van der Waals surface area contributed by atoms with Crippen molar-refractivity contribution in [2.24, 2.45) is 0 Å². The van der Waals surface area contributed by atoms with Gasteiger partial charge in [0.2, 0.25) is 5.91 Å². The molecule has 0 unspecified atom stereocenters. The molecule has 184 valence electrons. The van der Waals surface area contributed by atoms with Gasteiger partial charge in [-0.2, -0.15) is 0 Å². The van der Waals surface area contributed by atoms with Gasteiger partial charge in [0.25, 0.3) is 11.8 Å². The molecule has 8 nitrogen and oxygen atoms in total. The summed E-state index contributed by atoms with van der Waals surface area (Å²) >= 11 is 0. The van der Waals surface area contributed by atoms with Gasteiger partial charge in [0.05, 0.1) is 31.0 Å². The third kappa shape index (κ3) is 3.90. The summed E-state index contributed by atoms with van der Waals surface area (Å²) in [6.07, 6.45) is 4.59. The van der Waals surface area contributed by atoms with Crippen LogP contribution < -0.4 is 14.4 Å². The Morgan fingerprint density at radius 3 is 2.46 bits per heavy atom. The molecule has 0 radical (unpaired) electrons. The fourth-order valence-corrected chi connectivity index (χ4v) is 5.51. The summed E-state index contributed by atoms with van der Waals surface area (Å²) in [6, 6.07) is 10.9. The molecule has 0 bridgehead atoms. The van der Waals surface area contributed by atoms with Crippen LogP contribution in [0.2, 0.25) is 0 Å². The summed E-state index contributed by atoms with van der Waals surface area (Å²) in [6.45, 7) is 2.24. The number of nitrogens with zero attached hydrogens (tertiary/aromatic N) is 3. The SMILES string of the molecule is COc1ccc2c(c1OC)C(=O)N1c3ccccc3C(=O)N(CCCCCC(=O)N3CCCC3)[C@@H]21. The van der Waals surface area contributed by atoms with Crippen LogP contribution in [0.3, 0.4) is 0 Å². The van der Waals surface area contributed by atoms with Crippen LogP contribution in [-0.2, 0) is 4.79 Å². The lowest BCUT2D eigenvalue weighted by molar-refractivity contribution is -0.130. The number of para-hydroxylation sites is 1. The summed E-state index contributed by atoms with van der Waals surface area (Å²) in [5, 5.41) is 0. The van der Waals surface area contributed by atoms with Crippen molar-refractivity contribution in [2.45, 2.75) is 44.7 Å². The number of likely N-dealkylation sites (tertiary alicyclic amines) is 1. The maximum absolute atomic E-state index is 13.7. The third-order valence-electron chi connectivity index (χ3n) is 7.23. The van der Waals surface area contributed by atoms with Gasteiger partial charge in [-0.15, -0.1) is 0 Å². The second-order valence-electron chi connectivity index (χ2n) is 9.23. The van der Waals surface area contributed by atoms with E-state index in [4.69, 9.17) is 9.47 Å². The molecule has 3 heterocycles. The first-order valence-electron chi connectivity index (χ1n) is 12.3. The van der Waals surface area contributed by atoms with Crippen molar-refractivity contribution in [3.8, 4) is 11.5 Å². The number of unbranched alkanes of at least 4 members (excludes halogenated alkanes) is 2. The van der Waals surface area contributed by atoms with Crippen molar-refractivity contribution >= 4 is 23.4 Å². The largest absolute Gasteiger partial charge is 0.493 e. The second kappa shape index (κ2) is 9.60. The molecule has 35 heavy (non-hydrogen) atoms. The van der Waals surface area contributed by atoms with Crippen molar-refractivity contribution in [2.75, 3.05) is 38.8 Å². The Balaban J connectivity index is 1.38. The summed E-state index contributed by atoms with van der Waals surface area (Å²) in [7, 11) is 3.06. The first-order valence-corrected chi connectivity index (χ1v) is 12.3. The maximum Gasteiger partial charge on any atom is 0.264 e. The average Bonchev–Trinajstić information content (AvgIpc) is 3.52. The van der Waals surface area contributed by atoms with Crippen molar-refractivity contribution < 1.29 is 23.9 Å².